The minimum atomic E-state index is 0.536. The SMILES string of the molecule is ClCCc1noc2ccc(Cl)cc12. The summed E-state index contributed by atoms with van der Waals surface area (Å²) >= 11 is 11.5. The summed E-state index contributed by atoms with van der Waals surface area (Å²) in [4.78, 5) is 0. The molecule has 0 amide bonds. The Morgan fingerprint density at radius 1 is 1.38 bits per heavy atom. The molecule has 2 nitrogen and oxygen atoms in total. The van der Waals surface area contributed by atoms with Crippen LogP contribution in [0.1, 0.15) is 5.69 Å². The topological polar surface area (TPSA) is 26.0 Å². The first-order valence-electron chi connectivity index (χ1n) is 3.91. The average Bonchev–Trinajstić information content (AvgIpc) is 2.49. The lowest BCUT2D eigenvalue weighted by Crippen LogP contribution is -1.85. The van der Waals surface area contributed by atoms with Gasteiger partial charge < -0.3 is 4.52 Å². The maximum atomic E-state index is 5.85. The summed E-state index contributed by atoms with van der Waals surface area (Å²) in [6.45, 7) is 0. The molecule has 0 aliphatic carbocycles. The van der Waals surface area contributed by atoms with Crippen LogP contribution < -0.4 is 0 Å². The molecule has 1 aromatic heterocycles. The van der Waals surface area contributed by atoms with E-state index in [4.69, 9.17) is 27.7 Å². The van der Waals surface area contributed by atoms with E-state index < -0.39 is 0 Å². The zero-order valence-electron chi connectivity index (χ0n) is 6.76. The van der Waals surface area contributed by atoms with Crippen LogP contribution in [0.15, 0.2) is 22.7 Å². The van der Waals surface area contributed by atoms with Gasteiger partial charge in [-0.15, -0.1) is 11.6 Å². The van der Waals surface area contributed by atoms with Gasteiger partial charge in [0, 0.05) is 22.7 Å². The zero-order valence-corrected chi connectivity index (χ0v) is 8.27. The molecule has 2 aromatic rings. The number of aryl methyl sites for hydroxylation is 1. The first kappa shape index (κ1) is 8.85. The van der Waals surface area contributed by atoms with Crippen LogP contribution in [0.2, 0.25) is 5.02 Å². The van der Waals surface area contributed by atoms with Crippen molar-refractivity contribution < 1.29 is 4.52 Å². The smallest absolute Gasteiger partial charge is 0.167 e. The number of benzene rings is 1. The molecule has 0 radical (unpaired) electrons. The lowest BCUT2D eigenvalue weighted by Gasteiger charge is -1.91. The van der Waals surface area contributed by atoms with Crippen molar-refractivity contribution in [2.45, 2.75) is 6.42 Å². The minimum absolute atomic E-state index is 0.536. The fourth-order valence-electron chi connectivity index (χ4n) is 1.23. The van der Waals surface area contributed by atoms with Gasteiger partial charge in [0.05, 0.1) is 5.69 Å². The van der Waals surface area contributed by atoms with E-state index in [1.54, 1.807) is 6.07 Å². The average molecular weight is 216 g/mol. The van der Waals surface area contributed by atoms with Gasteiger partial charge in [-0.05, 0) is 18.2 Å². The Kier molecular flexibility index (Phi) is 2.42. The van der Waals surface area contributed by atoms with Gasteiger partial charge in [-0.2, -0.15) is 0 Å². The maximum Gasteiger partial charge on any atom is 0.167 e. The highest BCUT2D eigenvalue weighted by molar-refractivity contribution is 6.31. The quantitative estimate of drug-likeness (QED) is 0.720. The van der Waals surface area contributed by atoms with Crippen molar-refractivity contribution in [2.75, 3.05) is 5.88 Å². The summed E-state index contributed by atoms with van der Waals surface area (Å²) in [6, 6.07) is 5.43. The molecule has 1 aromatic carbocycles. The third-order valence-electron chi connectivity index (χ3n) is 1.84. The first-order valence-corrected chi connectivity index (χ1v) is 4.82. The molecule has 68 valence electrons. The fraction of sp³-hybridized carbons (Fsp3) is 0.222. The minimum Gasteiger partial charge on any atom is -0.356 e. The number of hydrogen-bond donors (Lipinski definition) is 0. The Bertz CT molecular complexity index is 424. The van der Waals surface area contributed by atoms with Crippen LogP contribution in [0.5, 0.6) is 0 Å². The van der Waals surface area contributed by atoms with Crippen molar-refractivity contribution in [3.63, 3.8) is 0 Å². The Hall–Kier alpha value is -0.730. The molecule has 0 saturated carbocycles. The van der Waals surface area contributed by atoms with E-state index in [0.29, 0.717) is 17.3 Å². The van der Waals surface area contributed by atoms with E-state index in [-0.39, 0.29) is 0 Å². The third-order valence-corrected chi connectivity index (χ3v) is 2.26. The molecule has 0 bridgehead atoms. The second kappa shape index (κ2) is 3.56. The number of rotatable bonds is 2. The molecule has 0 atom stereocenters. The second-order valence-electron chi connectivity index (χ2n) is 2.71. The molecule has 0 spiro atoms. The van der Waals surface area contributed by atoms with Crippen LogP contribution in [0.3, 0.4) is 0 Å². The number of alkyl halides is 1. The lowest BCUT2D eigenvalue weighted by molar-refractivity contribution is 0.447. The normalized spacial score (nSPS) is 10.9. The first-order chi connectivity index (χ1) is 6.31. The number of aromatic nitrogens is 1. The molecular weight excluding hydrogens is 209 g/mol. The molecule has 0 aliphatic heterocycles. The van der Waals surface area contributed by atoms with E-state index in [2.05, 4.69) is 5.16 Å². The molecule has 0 fully saturated rings. The predicted molar refractivity (Wildman–Crippen MR) is 53.4 cm³/mol. The van der Waals surface area contributed by atoms with E-state index in [0.717, 1.165) is 16.7 Å². The van der Waals surface area contributed by atoms with Gasteiger partial charge in [0.25, 0.3) is 0 Å². The van der Waals surface area contributed by atoms with E-state index >= 15 is 0 Å². The highest BCUT2D eigenvalue weighted by Crippen LogP contribution is 2.22. The van der Waals surface area contributed by atoms with E-state index in [9.17, 15) is 0 Å². The van der Waals surface area contributed by atoms with Crippen molar-refractivity contribution in [1.82, 2.24) is 5.16 Å². The summed E-state index contributed by atoms with van der Waals surface area (Å²) in [5.41, 5.74) is 1.62. The van der Waals surface area contributed by atoms with Crippen molar-refractivity contribution >= 4 is 34.2 Å². The predicted octanol–water partition coefficient (Wildman–Crippen LogP) is 3.26. The summed E-state index contributed by atoms with van der Waals surface area (Å²) in [5.74, 6) is 0.536. The van der Waals surface area contributed by atoms with Crippen LogP contribution in [0.25, 0.3) is 11.0 Å². The van der Waals surface area contributed by atoms with Gasteiger partial charge in [0.2, 0.25) is 0 Å². The highest BCUT2D eigenvalue weighted by atomic mass is 35.5. The summed E-state index contributed by atoms with van der Waals surface area (Å²) in [7, 11) is 0. The Labute approximate surface area is 85.4 Å². The highest BCUT2D eigenvalue weighted by Gasteiger charge is 2.07. The maximum absolute atomic E-state index is 5.85. The van der Waals surface area contributed by atoms with Crippen LogP contribution in [0, 0.1) is 0 Å². The van der Waals surface area contributed by atoms with Gasteiger partial charge in [-0.25, -0.2) is 0 Å². The number of fused-ring (bicyclic) bond motifs is 1. The Morgan fingerprint density at radius 2 is 2.23 bits per heavy atom. The zero-order chi connectivity index (χ0) is 9.26. The number of nitrogens with zero attached hydrogens (tertiary/aromatic N) is 1. The molecule has 2 rings (SSSR count). The lowest BCUT2D eigenvalue weighted by atomic mass is 10.2. The van der Waals surface area contributed by atoms with Gasteiger partial charge >= 0.3 is 0 Å². The van der Waals surface area contributed by atoms with Crippen LogP contribution in [0.4, 0.5) is 0 Å². The molecule has 4 heteroatoms. The third kappa shape index (κ3) is 1.64. The largest absolute Gasteiger partial charge is 0.356 e. The van der Waals surface area contributed by atoms with Crippen LogP contribution >= 0.6 is 23.2 Å². The van der Waals surface area contributed by atoms with Crippen molar-refractivity contribution in [1.29, 1.82) is 0 Å². The van der Waals surface area contributed by atoms with Gasteiger partial charge in [-0.1, -0.05) is 16.8 Å². The van der Waals surface area contributed by atoms with Gasteiger partial charge in [-0.3, -0.25) is 0 Å². The van der Waals surface area contributed by atoms with Crippen LogP contribution in [-0.4, -0.2) is 11.0 Å². The second-order valence-corrected chi connectivity index (χ2v) is 3.52. The van der Waals surface area contributed by atoms with E-state index in [1.165, 1.54) is 0 Å². The standard InChI is InChI=1S/C9H7Cl2NO/c10-4-3-8-7-5-6(11)1-2-9(7)13-12-8/h1-2,5H,3-4H2. The number of hydrogen-bond acceptors (Lipinski definition) is 2. The molecule has 0 aliphatic rings. The van der Waals surface area contributed by atoms with Crippen molar-refractivity contribution in [2.24, 2.45) is 0 Å². The number of halogens is 2. The molecule has 13 heavy (non-hydrogen) atoms. The molecule has 0 unspecified atom stereocenters. The van der Waals surface area contributed by atoms with Crippen molar-refractivity contribution in [3.8, 4) is 0 Å². The van der Waals surface area contributed by atoms with E-state index in [1.807, 2.05) is 12.1 Å². The molecule has 1 heterocycles. The summed E-state index contributed by atoms with van der Waals surface area (Å²) < 4.78 is 5.09. The van der Waals surface area contributed by atoms with Gasteiger partial charge in [0.1, 0.15) is 0 Å². The molecular formula is C9H7Cl2NO. The van der Waals surface area contributed by atoms with Gasteiger partial charge in [0.15, 0.2) is 5.58 Å². The molecule has 0 saturated heterocycles. The Balaban J connectivity index is 2.58. The van der Waals surface area contributed by atoms with Crippen molar-refractivity contribution in [3.05, 3.63) is 28.9 Å². The fourth-order valence-corrected chi connectivity index (χ4v) is 1.58. The monoisotopic (exact) mass is 215 g/mol. The summed E-state index contributed by atoms with van der Waals surface area (Å²) in [5, 5.41) is 5.55. The summed E-state index contributed by atoms with van der Waals surface area (Å²) in [6.07, 6.45) is 0.703. The van der Waals surface area contributed by atoms with Crippen LogP contribution in [-0.2, 0) is 6.42 Å². The Morgan fingerprint density at radius 3 is 3.00 bits per heavy atom. The molecule has 0 N–H and O–H groups in total.